The summed E-state index contributed by atoms with van der Waals surface area (Å²) in [7, 11) is 0. The van der Waals surface area contributed by atoms with Crippen LogP contribution in [0, 0.1) is 11.7 Å². The lowest BCUT2D eigenvalue weighted by atomic mass is 9.85. The first kappa shape index (κ1) is 15.9. The van der Waals surface area contributed by atoms with Gasteiger partial charge < -0.3 is 10.4 Å². The molecule has 2 N–H and O–H groups in total. The molecule has 5 nitrogen and oxygen atoms in total. The molecule has 0 radical (unpaired) electrons. The maximum atomic E-state index is 13.6. The van der Waals surface area contributed by atoms with E-state index in [1.54, 1.807) is 12.1 Å². The van der Waals surface area contributed by atoms with Crippen molar-refractivity contribution in [3.8, 4) is 0 Å². The van der Waals surface area contributed by atoms with E-state index in [1.807, 2.05) is 4.90 Å². The highest BCUT2D eigenvalue weighted by atomic mass is 19.1. The number of carboxylic acid groups (broad SMARTS) is 1. The molecule has 1 amide bonds. The summed E-state index contributed by atoms with van der Waals surface area (Å²) < 4.78 is 13.6. The molecule has 0 aliphatic heterocycles. The van der Waals surface area contributed by atoms with Crippen LogP contribution in [-0.2, 0) is 4.79 Å². The molecule has 124 valence electrons. The zero-order valence-corrected chi connectivity index (χ0v) is 12.9. The molecular weight excluding hydrogens is 299 g/mol. The average molecular weight is 320 g/mol. The third-order valence-electron chi connectivity index (χ3n) is 4.61. The minimum atomic E-state index is -0.815. The van der Waals surface area contributed by atoms with E-state index in [2.05, 4.69) is 5.32 Å². The van der Waals surface area contributed by atoms with Crippen molar-refractivity contribution in [3.63, 3.8) is 0 Å². The van der Waals surface area contributed by atoms with Gasteiger partial charge in [-0.1, -0.05) is 12.1 Å². The van der Waals surface area contributed by atoms with E-state index in [4.69, 9.17) is 5.11 Å². The highest BCUT2D eigenvalue weighted by Crippen LogP contribution is 2.33. The van der Waals surface area contributed by atoms with Crippen LogP contribution in [0.25, 0.3) is 0 Å². The van der Waals surface area contributed by atoms with Crippen LogP contribution in [-0.4, -0.2) is 47.1 Å². The number of carbonyl (C=O) groups excluding carboxylic acids is 1. The molecule has 2 aliphatic carbocycles. The molecule has 2 fully saturated rings. The molecule has 1 aromatic rings. The van der Waals surface area contributed by atoms with Gasteiger partial charge in [-0.3, -0.25) is 14.5 Å². The Balaban J connectivity index is 1.50. The van der Waals surface area contributed by atoms with E-state index in [9.17, 15) is 14.0 Å². The standard InChI is InChI=1S/C17H21FN2O3/c18-15-4-2-1-3-14(15)17(23)19-12-7-13(8-12)20(10-16(21)22)9-11-5-6-11/h1-4,11-13H,5-10H2,(H,19,23)(H,21,22). The fourth-order valence-corrected chi connectivity index (χ4v) is 3.06. The van der Waals surface area contributed by atoms with Gasteiger partial charge in [0.15, 0.2) is 0 Å². The number of hydrogen-bond donors (Lipinski definition) is 2. The summed E-state index contributed by atoms with van der Waals surface area (Å²) in [4.78, 5) is 25.0. The highest BCUT2D eigenvalue weighted by Gasteiger charge is 2.37. The first-order chi connectivity index (χ1) is 11.0. The Bertz CT molecular complexity index is 597. The van der Waals surface area contributed by atoms with Gasteiger partial charge in [0.2, 0.25) is 0 Å². The zero-order chi connectivity index (χ0) is 16.4. The van der Waals surface area contributed by atoms with Crippen LogP contribution < -0.4 is 5.32 Å². The Labute approximate surface area is 134 Å². The topological polar surface area (TPSA) is 69.6 Å². The molecule has 0 spiro atoms. The van der Waals surface area contributed by atoms with Crippen molar-refractivity contribution in [2.24, 2.45) is 5.92 Å². The van der Waals surface area contributed by atoms with E-state index in [-0.39, 0.29) is 24.2 Å². The molecule has 1 aromatic carbocycles. The first-order valence-electron chi connectivity index (χ1n) is 8.04. The fraction of sp³-hybridized carbons (Fsp3) is 0.529. The quantitative estimate of drug-likeness (QED) is 0.805. The predicted octanol–water partition coefficient (Wildman–Crippen LogP) is 1.88. The highest BCUT2D eigenvalue weighted by molar-refractivity contribution is 5.94. The van der Waals surface area contributed by atoms with Crippen molar-refractivity contribution < 1.29 is 19.1 Å². The first-order valence-corrected chi connectivity index (χ1v) is 8.04. The van der Waals surface area contributed by atoms with Gasteiger partial charge in [0, 0.05) is 18.6 Å². The van der Waals surface area contributed by atoms with Gasteiger partial charge in [-0.15, -0.1) is 0 Å². The van der Waals surface area contributed by atoms with Crippen LogP contribution in [0.1, 0.15) is 36.0 Å². The van der Waals surface area contributed by atoms with Gasteiger partial charge in [0.1, 0.15) is 5.82 Å². The molecule has 0 atom stereocenters. The summed E-state index contributed by atoms with van der Waals surface area (Å²) in [6.45, 7) is 0.875. The van der Waals surface area contributed by atoms with Crippen molar-refractivity contribution in [3.05, 3.63) is 35.6 Å². The molecule has 2 saturated carbocycles. The lowest BCUT2D eigenvalue weighted by Crippen LogP contribution is -2.55. The summed E-state index contributed by atoms with van der Waals surface area (Å²) in [5, 5.41) is 11.9. The maximum Gasteiger partial charge on any atom is 0.317 e. The Morgan fingerprint density at radius 3 is 2.57 bits per heavy atom. The lowest BCUT2D eigenvalue weighted by molar-refractivity contribution is -0.139. The second kappa shape index (κ2) is 6.66. The summed E-state index contributed by atoms with van der Waals surface area (Å²) in [5.41, 5.74) is 0.0522. The van der Waals surface area contributed by atoms with Gasteiger partial charge in [-0.25, -0.2) is 4.39 Å². The molecule has 23 heavy (non-hydrogen) atoms. The number of aliphatic carboxylic acids is 1. The Kier molecular flexibility index (Phi) is 4.61. The van der Waals surface area contributed by atoms with Crippen molar-refractivity contribution >= 4 is 11.9 Å². The minimum Gasteiger partial charge on any atom is -0.480 e. The van der Waals surface area contributed by atoms with Gasteiger partial charge >= 0.3 is 5.97 Å². The molecule has 0 bridgehead atoms. The van der Waals surface area contributed by atoms with Crippen LogP contribution >= 0.6 is 0 Å². The molecule has 0 aromatic heterocycles. The average Bonchev–Trinajstić information content (AvgIpc) is 3.25. The van der Waals surface area contributed by atoms with Crippen LogP contribution in [0.2, 0.25) is 0 Å². The Morgan fingerprint density at radius 1 is 1.26 bits per heavy atom. The van der Waals surface area contributed by atoms with Gasteiger partial charge in [-0.2, -0.15) is 0 Å². The molecule has 6 heteroatoms. The second-order valence-corrected chi connectivity index (χ2v) is 6.54. The number of halogens is 1. The van der Waals surface area contributed by atoms with Crippen LogP contribution in [0.3, 0.4) is 0 Å². The lowest BCUT2D eigenvalue weighted by Gasteiger charge is -2.42. The predicted molar refractivity (Wildman–Crippen MR) is 82.6 cm³/mol. The van der Waals surface area contributed by atoms with Crippen LogP contribution in [0.15, 0.2) is 24.3 Å². The molecular formula is C17H21FN2O3. The molecule has 0 unspecified atom stereocenters. The molecule has 3 rings (SSSR count). The number of carbonyl (C=O) groups is 2. The van der Waals surface area contributed by atoms with Gasteiger partial charge in [0.25, 0.3) is 5.91 Å². The second-order valence-electron chi connectivity index (χ2n) is 6.54. The summed E-state index contributed by atoms with van der Waals surface area (Å²) in [6, 6.07) is 6.09. The number of carboxylic acids is 1. The Morgan fingerprint density at radius 2 is 1.96 bits per heavy atom. The number of hydrogen-bond acceptors (Lipinski definition) is 3. The Hall–Kier alpha value is -1.95. The molecule has 0 heterocycles. The van der Waals surface area contributed by atoms with Gasteiger partial charge in [-0.05, 0) is 43.7 Å². The van der Waals surface area contributed by atoms with Crippen LogP contribution in [0.4, 0.5) is 4.39 Å². The zero-order valence-electron chi connectivity index (χ0n) is 12.9. The third-order valence-corrected chi connectivity index (χ3v) is 4.61. The van der Waals surface area contributed by atoms with E-state index < -0.39 is 17.7 Å². The van der Waals surface area contributed by atoms with E-state index in [0.717, 1.165) is 19.4 Å². The smallest absolute Gasteiger partial charge is 0.317 e. The number of rotatable bonds is 7. The third kappa shape index (κ3) is 4.07. The number of benzene rings is 1. The minimum absolute atomic E-state index is 0.0115. The monoisotopic (exact) mass is 320 g/mol. The largest absolute Gasteiger partial charge is 0.480 e. The van der Waals surface area contributed by atoms with Crippen molar-refractivity contribution in [2.45, 2.75) is 37.8 Å². The maximum absolute atomic E-state index is 13.6. The fourth-order valence-electron chi connectivity index (χ4n) is 3.06. The number of nitrogens with zero attached hydrogens (tertiary/aromatic N) is 1. The van der Waals surface area contributed by atoms with Crippen molar-refractivity contribution in [1.82, 2.24) is 10.2 Å². The number of nitrogens with one attached hydrogen (secondary N) is 1. The van der Waals surface area contributed by atoms with Crippen molar-refractivity contribution in [1.29, 1.82) is 0 Å². The van der Waals surface area contributed by atoms with Crippen molar-refractivity contribution in [2.75, 3.05) is 13.1 Å². The summed E-state index contributed by atoms with van der Waals surface area (Å²) in [5.74, 6) is -1.12. The molecule has 2 aliphatic rings. The van der Waals surface area contributed by atoms with E-state index >= 15 is 0 Å². The van der Waals surface area contributed by atoms with E-state index in [0.29, 0.717) is 5.92 Å². The van der Waals surface area contributed by atoms with Crippen LogP contribution in [0.5, 0.6) is 0 Å². The molecule has 0 saturated heterocycles. The number of amides is 1. The normalized spacial score (nSPS) is 23.4. The van der Waals surface area contributed by atoms with E-state index in [1.165, 1.54) is 25.0 Å². The summed E-state index contributed by atoms with van der Waals surface area (Å²) >= 11 is 0. The SMILES string of the molecule is O=C(O)CN(CC1CC1)C1CC(NC(=O)c2ccccc2F)C1. The summed E-state index contributed by atoms with van der Waals surface area (Å²) in [6.07, 6.45) is 3.80. The van der Waals surface area contributed by atoms with Gasteiger partial charge in [0.05, 0.1) is 12.1 Å².